The minimum Gasteiger partial charge on any atom is -0.309 e. The Balaban J connectivity index is 2.36. The topological polar surface area (TPSA) is 33.2 Å². The minimum absolute atomic E-state index is 0.0486. The fourth-order valence-electron chi connectivity index (χ4n) is 0.878. The van der Waals surface area contributed by atoms with Gasteiger partial charge in [0, 0.05) is 18.5 Å². The molecule has 1 rings (SSSR count). The Bertz CT molecular complexity index is 287. The van der Waals surface area contributed by atoms with Crippen molar-refractivity contribution in [3.8, 4) is 0 Å². The molecule has 4 heteroatoms. The fourth-order valence-corrected chi connectivity index (χ4v) is 1.79. The molecule has 1 aromatic rings. The summed E-state index contributed by atoms with van der Waals surface area (Å²) in [5.74, 6) is 0.808. The van der Waals surface area contributed by atoms with Gasteiger partial charge in [-0.25, -0.2) is 0 Å². The second kappa shape index (κ2) is 5.78. The van der Waals surface area contributed by atoms with E-state index in [1.165, 1.54) is 11.8 Å². The normalized spacial score (nSPS) is 10.5. The lowest BCUT2D eigenvalue weighted by Crippen LogP contribution is -2.15. The number of hydrogen-bond donors (Lipinski definition) is 0. The number of hydrogen-bond acceptors (Lipinski definition) is 4. The first kappa shape index (κ1) is 11.2. The van der Waals surface area contributed by atoms with Gasteiger partial charge in [-0.1, -0.05) is 17.8 Å². The van der Waals surface area contributed by atoms with Crippen LogP contribution in [0.4, 0.5) is 0 Å². The monoisotopic (exact) mass is 210 g/mol. The van der Waals surface area contributed by atoms with Gasteiger partial charge in [-0.05, 0) is 26.2 Å². The third-order valence-electron chi connectivity index (χ3n) is 1.65. The van der Waals surface area contributed by atoms with Crippen LogP contribution in [0.5, 0.6) is 0 Å². The van der Waals surface area contributed by atoms with E-state index in [0.717, 1.165) is 12.3 Å². The molecule has 0 aromatic carbocycles. The Morgan fingerprint density at radius 2 is 2.29 bits per heavy atom. The molecule has 0 spiro atoms. The molecule has 1 heterocycles. The third kappa shape index (κ3) is 3.89. The molecule has 14 heavy (non-hydrogen) atoms. The average Bonchev–Trinajstić information content (AvgIpc) is 2.18. The second-order valence-corrected chi connectivity index (χ2v) is 4.22. The van der Waals surface area contributed by atoms with Crippen LogP contribution in [-0.4, -0.2) is 41.4 Å². The van der Waals surface area contributed by atoms with Crippen molar-refractivity contribution in [2.45, 2.75) is 0 Å². The number of aromatic nitrogens is 1. The molecule has 0 saturated heterocycles. The van der Waals surface area contributed by atoms with Crippen LogP contribution in [0.2, 0.25) is 0 Å². The van der Waals surface area contributed by atoms with Crippen LogP contribution in [0, 0.1) is 0 Å². The maximum absolute atomic E-state index is 11.5. The molecule has 0 amide bonds. The SMILES string of the molecule is CN(C)CCSC(=O)c1ccccn1. The van der Waals surface area contributed by atoms with E-state index in [0.29, 0.717) is 5.69 Å². The van der Waals surface area contributed by atoms with E-state index >= 15 is 0 Å². The first-order chi connectivity index (χ1) is 6.70. The van der Waals surface area contributed by atoms with Crippen LogP contribution in [-0.2, 0) is 0 Å². The first-order valence-corrected chi connectivity index (χ1v) is 5.41. The number of rotatable bonds is 4. The summed E-state index contributed by atoms with van der Waals surface area (Å²) in [5.41, 5.74) is 0.538. The number of carbonyl (C=O) groups is 1. The van der Waals surface area contributed by atoms with Gasteiger partial charge in [0.1, 0.15) is 5.69 Å². The predicted octanol–water partition coefficient (Wildman–Crippen LogP) is 1.52. The minimum atomic E-state index is 0.0486. The van der Waals surface area contributed by atoms with Crippen molar-refractivity contribution in [2.75, 3.05) is 26.4 Å². The number of nitrogens with zero attached hydrogens (tertiary/aromatic N) is 2. The molecule has 0 aliphatic rings. The molecule has 0 atom stereocenters. The Kier molecular flexibility index (Phi) is 4.62. The summed E-state index contributed by atoms with van der Waals surface area (Å²) in [6, 6.07) is 5.37. The highest BCUT2D eigenvalue weighted by molar-refractivity contribution is 8.14. The molecule has 3 nitrogen and oxygen atoms in total. The molecule has 0 aliphatic carbocycles. The van der Waals surface area contributed by atoms with Gasteiger partial charge in [0.15, 0.2) is 0 Å². The van der Waals surface area contributed by atoms with Crippen LogP contribution < -0.4 is 0 Å². The van der Waals surface area contributed by atoms with E-state index in [2.05, 4.69) is 9.88 Å². The summed E-state index contributed by atoms with van der Waals surface area (Å²) in [7, 11) is 3.98. The zero-order valence-electron chi connectivity index (χ0n) is 8.43. The van der Waals surface area contributed by atoms with Gasteiger partial charge in [0.05, 0.1) is 0 Å². The summed E-state index contributed by atoms with van der Waals surface area (Å²) >= 11 is 1.31. The van der Waals surface area contributed by atoms with Gasteiger partial charge in [0.25, 0.3) is 0 Å². The highest BCUT2D eigenvalue weighted by Gasteiger charge is 2.06. The molecule has 0 bridgehead atoms. The Morgan fingerprint density at radius 1 is 1.50 bits per heavy atom. The smallest absolute Gasteiger partial charge is 0.237 e. The Hall–Kier alpha value is -0.870. The van der Waals surface area contributed by atoms with Gasteiger partial charge < -0.3 is 4.90 Å². The van der Waals surface area contributed by atoms with Crippen LogP contribution in [0.3, 0.4) is 0 Å². The van der Waals surface area contributed by atoms with Crippen molar-refractivity contribution in [3.63, 3.8) is 0 Å². The predicted molar refractivity (Wildman–Crippen MR) is 59.6 cm³/mol. The summed E-state index contributed by atoms with van der Waals surface area (Å²) in [6.07, 6.45) is 1.64. The van der Waals surface area contributed by atoms with Crippen molar-refractivity contribution in [1.82, 2.24) is 9.88 Å². The summed E-state index contributed by atoms with van der Waals surface area (Å²) in [4.78, 5) is 17.6. The van der Waals surface area contributed by atoms with Gasteiger partial charge >= 0.3 is 0 Å². The lowest BCUT2D eigenvalue weighted by molar-refractivity contribution is 0.108. The van der Waals surface area contributed by atoms with Gasteiger partial charge in [-0.3, -0.25) is 9.78 Å². The molecule has 1 aromatic heterocycles. The quantitative estimate of drug-likeness (QED) is 0.754. The van der Waals surface area contributed by atoms with Crippen molar-refractivity contribution >= 4 is 16.9 Å². The van der Waals surface area contributed by atoms with Crippen molar-refractivity contribution < 1.29 is 4.79 Å². The van der Waals surface area contributed by atoms with E-state index in [-0.39, 0.29) is 5.12 Å². The molecule has 76 valence electrons. The van der Waals surface area contributed by atoms with E-state index in [1.54, 1.807) is 18.3 Å². The van der Waals surface area contributed by atoms with E-state index in [1.807, 2.05) is 20.2 Å². The summed E-state index contributed by atoms with van der Waals surface area (Å²) < 4.78 is 0. The molecule has 0 fully saturated rings. The van der Waals surface area contributed by atoms with Crippen molar-refractivity contribution in [2.24, 2.45) is 0 Å². The zero-order valence-corrected chi connectivity index (χ0v) is 9.25. The van der Waals surface area contributed by atoms with Crippen molar-refractivity contribution in [3.05, 3.63) is 30.1 Å². The molecule has 0 unspecified atom stereocenters. The lowest BCUT2D eigenvalue weighted by atomic mass is 10.4. The standard InChI is InChI=1S/C10H14N2OS/c1-12(2)7-8-14-10(13)9-5-3-4-6-11-9/h3-6H,7-8H2,1-2H3. The molecule has 0 aliphatic heterocycles. The zero-order chi connectivity index (χ0) is 10.4. The van der Waals surface area contributed by atoms with Gasteiger partial charge in [-0.2, -0.15) is 0 Å². The molecular weight excluding hydrogens is 196 g/mol. The van der Waals surface area contributed by atoms with Crippen LogP contribution in [0.25, 0.3) is 0 Å². The van der Waals surface area contributed by atoms with E-state index < -0.39 is 0 Å². The second-order valence-electron chi connectivity index (χ2n) is 3.15. The number of thioether (sulfide) groups is 1. The van der Waals surface area contributed by atoms with E-state index in [4.69, 9.17) is 0 Å². The average molecular weight is 210 g/mol. The van der Waals surface area contributed by atoms with Crippen LogP contribution in [0.15, 0.2) is 24.4 Å². The largest absolute Gasteiger partial charge is 0.309 e. The third-order valence-corrected chi connectivity index (χ3v) is 2.50. The number of pyridine rings is 1. The maximum atomic E-state index is 11.5. The van der Waals surface area contributed by atoms with Gasteiger partial charge in [-0.15, -0.1) is 0 Å². The Labute approximate surface area is 88.5 Å². The van der Waals surface area contributed by atoms with Crippen LogP contribution in [0.1, 0.15) is 10.5 Å². The highest BCUT2D eigenvalue weighted by Crippen LogP contribution is 2.09. The summed E-state index contributed by atoms with van der Waals surface area (Å²) in [5, 5.41) is 0.0486. The molecule has 0 saturated carbocycles. The first-order valence-electron chi connectivity index (χ1n) is 4.43. The Morgan fingerprint density at radius 3 is 2.86 bits per heavy atom. The van der Waals surface area contributed by atoms with Crippen molar-refractivity contribution in [1.29, 1.82) is 0 Å². The molecule has 0 radical (unpaired) electrons. The highest BCUT2D eigenvalue weighted by atomic mass is 32.2. The maximum Gasteiger partial charge on any atom is 0.237 e. The molecule has 0 N–H and O–H groups in total. The molecular formula is C10H14N2OS. The van der Waals surface area contributed by atoms with Crippen LogP contribution >= 0.6 is 11.8 Å². The summed E-state index contributed by atoms with van der Waals surface area (Å²) in [6.45, 7) is 0.906. The van der Waals surface area contributed by atoms with Gasteiger partial charge in [0.2, 0.25) is 5.12 Å². The number of carbonyl (C=O) groups excluding carboxylic acids is 1. The van der Waals surface area contributed by atoms with E-state index in [9.17, 15) is 4.79 Å². The lowest BCUT2D eigenvalue weighted by Gasteiger charge is -2.07. The fraction of sp³-hybridized carbons (Fsp3) is 0.400.